The maximum atomic E-state index is 12.1. The third-order valence-electron chi connectivity index (χ3n) is 3.61. The molecule has 2 heterocycles. The fraction of sp³-hybridized carbons (Fsp3) is 0.588. The predicted molar refractivity (Wildman–Crippen MR) is 84.6 cm³/mol. The van der Waals surface area contributed by atoms with Crippen LogP contribution < -0.4 is 0 Å². The van der Waals surface area contributed by atoms with Crippen LogP contribution in [-0.2, 0) is 16.1 Å². The van der Waals surface area contributed by atoms with Gasteiger partial charge in [0.2, 0.25) is 0 Å². The van der Waals surface area contributed by atoms with E-state index in [4.69, 9.17) is 14.7 Å². The van der Waals surface area contributed by atoms with Crippen LogP contribution in [0.4, 0.5) is 4.79 Å². The summed E-state index contributed by atoms with van der Waals surface area (Å²) in [5.41, 5.74) is 0.362. The van der Waals surface area contributed by atoms with E-state index in [1.165, 1.54) is 0 Å². The Morgan fingerprint density at radius 1 is 1.52 bits per heavy atom. The molecule has 2 rings (SSSR count). The van der Waals surface area contributed by atoms with Gasteiger partial charge in [-0.05, 0) is 51.8 Å². The van der Waals surface area contributed by atoms with E-state index in [9.17, 15) is 4.79 Å². The Labute approximate surface area is 137 Å². The summed E-state index contributed by atoms with van der Waals surface area (Å²) in [6, 6.07) is 5.55. The van der Waals surface area contributed by atoms with E-state index in [2.05, 4.69) is 4.98 Å². The van der Waals surface area contributed by atoms with Gasteiger partial charge in [-0.15, -0.1) is 0 Å². The fourth-order valence-electron chi connectivity index (χ4n) is 2.42. The molecule has 0 aliphatic carbocycles. The molecule has 0 aromatic carbocycles. The molecule has 1 aliphatic rings. The van der Waals surface area contributed by atoms with Crippen molar-refractivity contribution in [2.45, 2.75) is 51.9 Å². The number of ether oxygens (including phenoxy) is 2. The molecule has 6 heteroatoms. The lowest BCUT2D eigenvalue weighted by Crippen LogP contribution is -2.39. The van der Waals surface area contributed by atoms with Crippen LogP contribution >= 0.6 is 0 Å². The number of hydrogen-bond donors (Lipinski definition) is 0. The minimum absolute atomic E-state index is 0.305. The van der Waals surface area contributed by atoms with Gasteiger partial charge in [-0.3, -0.25) is 0 Å². The lowest BCUT2D eigenvalue weighted by atomic mass is 10.1. The van der Waals surface area contributed by atoms with Crippen molar-refractivity contribution in [3.8, 4) is 6.07 Å². The number of carbonyl (C=O) groups excluding carboxylic acids is 1. The van der Waals surface area contributed by atoms with Crippen LogP contribution in [-0.4, -0.2) is 40.3 Å². The van der Waals surface area contributed by atoms with Gasteiger partial charge in [0.1, 0.15) is 17.4 Å². The van der Waals surface area contributed by atoms with Crippen LogP contribution in [0.2, 0.25) is 0 Å². The first-order chi connectivity index (χ1) is 10.7. The number of carbonyl (C=O) groups is 1. The highest BCUT2D eigenvalue weighted by molar-refractivity contribution is 5.68. The van der Waals surface area contributed by atoms with Gasteiger partial charge in [0.15, 0.2) is 0 Å². The SMILES string of the molecule is CC(C)(C)OC(=O)N1CCC(C)(OCc2ccnc(C#N)c2)C1. The Kier molecular flexibility index (Phi) is 4.90. The monoisotopic (exact) mass is 317 g/mol. The number of nitriles is 1. The molecule has 124 valence electrons. The molecule has 1 aromatic rings. The quantitative estimate of drug-likeness (QED) is 0.857. The van der Waals surface area contributed by atoms with E-state index >= 15 is 0 Å². The largest absolute Gasteiger partial charge is 0.444 e. The number of nitrogens with zero attached hydrogens (tertiary/aromatic N) is 3. The lowest BCUT2D eigenvalue weighted by molar-refractivity contribution is -0.0374. The third-order valence-corrected chi connectivity index (χ3v) is 3.61. The highest BCUT2D eigenvalue weighted by Crippen LogP contribution is 2.27. The molecular weight excluding hydrogens is 294 g/mol. The number of rotatable bonds is 3. The number of aromatic nitrogens is 1. The number of pyridine rings is 1. The predicted octanol–water partition coefficient (Wildman–Crippen LogP) is 2.87. The summed E-state index contributed by atoms with van der Waals surface area (Å²) in [6.45, 7) is 9.05. The summed E-state index contributed by atoms with van der Waals surface area (Å²) in [4.78, 5) is 17.7. The molecule has 1 fully saturated rings. The minimum Gasteiger partial charge on any atom is -0.444 e. The maximum absolute atomic E-state index is 12.1. The number of amides is 1. The van der Waals surface area contributed by atoms with Crippen LogP contribution in [0.15, 0.2) is 18.3 Å². The zero-order valence-corrected chi connectivity index (χ0v) is 14.1. The molecule has 0 spiro atoms. The van der Waals surface area contributed by atoms with Crippen molar-refractivity contribution >= 4 is 6.09 Å². The second-order valence-corrected chi connectivity index (χ2v) is 7.05. The molecule has 0 bridgehead atoms. The van der Waals surface area contributed by atoms with Crippen LogP contribution in [0.25, 0.3) is 0 Å². The average Bonchev–Trinajstić information content (AvgIpc) is 2.87. The number of likely N-dealkylation sites (tertiary alicyclic amines) is 1. The zero-order chi connectivity index (χ0) is 17.1. The Bertz CT molecular complexity index is 618. The average molecular weight is 317 g/mol. The molecule has 23 heavy (non-hydrogen) atoms. The molecule has 1 saturated heterocycles. The summed E-state index contributed by atoms with van der Waals surface area (Å²) in [5.74, 6) is 0. The molecule has 0 N–H and O–H groups in total. The van der Waals surface area contributed by atoms with E-state index in [0.29, 0.717) is 25.4 Å². The Hall–Kier alpha value is -2.13. The van der Waals surface area contributed by atoms with Gasteiger partial charge in [-0.25, -0.2) is 9.78 Å². The van der Waals surface area contributed by atoms with Crippen LogP contribution in [0, 0.1) is 11.3 Å². The standard InChI is InChI=1S/C17H23N3O3/c1-16(2,3)23-15(21)20-8-6-17(4,12-20)22-11-13-5-7-19-14(9-13)10-18/h5,7,9H,6,8,11-12H2,1-4H3. The normalized spacial score (nSPS) is 21.1. The van der Waals surface area contributed by atoms with Crippen molar-refractivity contribution < 1.29 is 14.3 Å². The van der Waals surface area contributed by atoms with Gasteiger partial charge < -0.3 is 14.4 Å². The second kappa shape index (κ2) is 6.55. The van der Waals surface area contributed by atoms with Gasteiger partial charge >= 0.3 is 6.09 Å². The molecule has 6 nitrogen and oxygen atoms in total. The maximum Gasteiger partial charge on any atom is 0.410 e. The van der Waals surface area contributed by atoms with Gasteiger partial charge in [0.05, 0.1) is 18.8 Å². The summed E-state index contributed by atoms with van der Waals surface area (Å²) in [5, 5.41) is 8.87. The van der Waals surface area contributed by atoms with Crippen LogP contribution in [0.1, 0.15) is 45.4 Å². The Morgan fingerprint density at radius 3 is 2.91 bits per heavy atom. The van der Waals surface area contributed by atoms with Crippen molar-refractivity contribution in [3.05, 3.63) is 29.6 Å². The van der Waals surface area contributed by atoms with Gasteiger partial charge in [-0.2, -0.15) is 5.26 Å². The van der Waals surface area contributed by atoms with Crippen molar-refractivity contribution in [1.29, 1.82) is 5.26 Å². The van der Waals surface area contributed by atoms with E-state index < -0.39 is 11.2 Å². The second-order valence-electron chi connectivity index (χ2n) is 7.05. The molecule has 1 unspecified atom stereocenters. The van der Waals surface area contributed by atoms with Gasteiger partial charge in [0, 0.05) is 12.7 Å². The number of hydrogen-bond acceptors (Lipinski definition) is 5. The van der Waals surface area contributed by atoms with Gasteiger partial charge in [-0.1, -0.05) is 0 Å². The summed E-state index contributed by atoms with van der Waals surface area (Å²) in [6.07, 6.45) is 2.05. The third kappa shape index (κ3) is 4.93. The summed E-state index contributed by atoms with van der Waals surface area (Å²) >= 11 is 0. The van der Waals surface area contributed by atoms with Crippen molar-refractivity contribution in [3.63, 3.8) is 0 Å². The Balaban J connectivity index is 1.91. The van der Waals surface area contributed by atoms with Crippen LogP contribution in [0.5, 0.6) is 0 Å². The van der Waals surface area contributed by atoms with Crippen molar-refractivity contribution in [1.82, 2.24) is 9.88 Å². The molecule has 0 radical (unpaired) electrons. The molecular formula is C17H23N3O3. The molecule has 1 aromatic heterocycles. The summed E-state index contributed by atoms with van der Waals surface area (Å²) < 4.78 is 11.4. The van der Waals surface area contributed by atoms with Crippen LogP contribution in [0.3, 0.4) is 0 Å². The van der Waals surface area contributed by atoms with Crippen molar-refractivity contribution in [2.75, 3.05) is 13.1 Å². The highest BCUT2D eigenvalue weighted by atomic mass is 16.6. The molecule has 1 aliphatic heterocycles. The minimum atomic E-state index is -0.498. The summed E-state index contributed by atoms with van der Waals surface area (Å²) in [7, 11) is 0. The topological polar surface area (TPSA) is 75.4 Å². The Morgan fingerprint density at radius 2 is 2.26 bits per heavy atom. The molecule has 0 saturated carbocycles. The smallest absolute Gasteiger partial charge is 0.410 e. The molecule has 1 amide bonds. The van der Waals surface area contributed by atoms with E-state index in [0.717, 1.165) is 12.0 Å². The van der Waals surface area contributed by atoms with Gasteiger partial charge in [0.25, 0.3) is 0 Å². The fourth-order valence-corrected chi connectivity index (χ4v) is 2.42. The first-order valence-corrected chi connectivity index (χ1v) is 7.68. The van der Waals surface area contributed by atoms with E-state index in [1.807, 2.05) is 39.8 Å². The highest BCUT2D eigenvalue weighted by Gasteiger charge is 2.38. The first kappa shape index (κ1) is 17.2. The van der Waals surface area contributed by atoms with Crippen molar-refractivity contribution in [2.24, 2.45) is 0 Å². The first-order valence-electron chi connectivity index (χ1n) is 7.68. The zero-order valence-electron chi connectivity index (χ0n) is 14.1. The molecule has 1 atom stereocenters. The van der Waals surface area contributed by atoms with E-state index in [1.54, 1.807) is 17.2 Å². The van der Waals surface area contributed by atoms with E-state index in [-0.39, 0.29) is 6.09 Å². The lowest BCUT2D eigenvalue weighted by Gasteiger charge is -2.27.